The Bertz CT molecular complexity index is 892. The summed E-state index contributed by atoms with van der Waals surface area (Å²) in [7, 11) is 0. The Morgan fingerprint density at radius 2 is 1.75 bits per heavy atom. The number of amides is 1. The van der Waals surface area contributed by atoms with Crippen molar-refractivity contribution in [1.29, 1.82) is 0 Å². The lowest BCUT2D eigenvalue weighted by Gasteiger charge is -2.31. The van der Waals surface area contributed by atoms with E-state index in [2.05, 4.69) is 53.4 Å². The van der Waals surface area contributed by atoms with Crippen LogP contribution in [0.5, 0.6) is 0 Å². The summed E-state index contributed by atoms with van der Waals surface area (Å²) in [5, 5.41) is 6.54. The number of benzene rings is 2. The second kappa shape index (κ2) is 11.4. The highest BCUT2D eigenvalue weighted by atomic mass is 32.2. The zero-order valence-corrected chi connectivity index (χ0v) is 20.3. The Morgan fingerprint density at radius 3 is 2.47 bits per heavy atom. The van der Waals surface area contributed by atoms with Crippen molar-refractivity contribution in [3.63, 3.8) is 0 Å². The fourth-order valence-corrected chi connectivity index (χ4v) is 5.97. The first-order valence-electron chi connectivity index (χ1n) is 12.3. The van der Waals surface area contributed by atoms with Crippen molar-refractivity contribution >= 4 is 28.8 Å². The topological polar surface area (TPSA) is 53.6 Å². The minimum absolute atomic E-state index is 0.184. The number of carbonyl (C=O) groups excluding carboxylic acids is 1. The monoisotopic (exact) mass is 455 g/mol. The molecular formula is C26H37N3O2S. The van der Waals surface area contributed by atoms with Crippen molar-refractivity contribution in [3.05, 3.63) is 42.0 Å². The first kappa shape index (κ1) is 23.4. The van der Waals surface area contributed by atoms with Crippen molar-refractivity contribution in [2.24, 2.45) is 0 Å². The van der Waals surface area contributed by atoms with E-state index in [0.29, 0.717) is 24.7 Å². The van der Waals surface area contributed by atoms with Crippen LogP contribution in [0.25, 0.3) is 10.8 Å². The van der Waals surface area contributed by atoms with Crippen molar-refractivity contribution in [2.45, 2.75) is 81.8 Å². The Labute approximate surface area is 196 Å². The van der Waals surface area contributed by atoms with Gasteiger partial charge in [0.05, 0.1) is 6.61 Å². The van der Waals surface area contributed by atoms with Crippen LogP contribution in [0.2, 0.25) is 0 Å². The van der Waals surface area contributed by atoms with Crippen LogP contribution in [0.3, 0.4) is 0 Å². The van der Waals surface area contributed by atoms with Crippen molar-refractivity contribution in [2.75, 3.05) is 19.7 Å². The molecule has 1 unspecified atom stereocenters. The van der Waals surface area contributed by atoms with Gasteiger partial charge in [-0.2, -0.15) is 0 Å². The molecule has 1 aliphatic heterocycles. The summed E-state index contributed by atoms with van der Waals surface area (Å²) in [6.45, 7) is 6.09. The van der Waals surface area contributed by atoms with Gasteiger partial charge in [-0.05, 0) is 73.9 Å². The Kier molecular flexibility index (Phi) is 8.33. The van der Waals surface area contributed by atoms with Gasteiger partial charge in [-0.1, -0.05) is 49.6 Å². The van der Waals surface area contributed by atoms with E-state index in [1.165, 1.54) is 53.3 Å². The predicted molar refractivity (Wildman–Crippen MR) is 133 cm³/mol. The van der Waals surface area contributed by atoms with Crippen LogP contribution in [-0.2, 0) is 4.74 Å². The summed E-state index contributed by atoms with van der Waals surface area (Å²) in [6, 6.07) is 14.7. The Balaban J connectivity index is 1.39. The molecule has 1 aliphatic carbocycles. The lowest BCUT2D eigenvalue weighted by atomic mass is 9.93. The summed E-state index contributed by atoms with van der Waals surface area (Å²) in [5.41, 5.74) is 1.39. The minimum Gasteiger partial charge on any atom is -0.450 e. The smallest absolute Gasteiger partial charge is 0.409 e. The molecule has 174 valence electrons. The molecule has 1 atom stereocenters. The molecule has 2 N–H and O–H groups in total. The molecule has 4 rings (SSSR count). The zero-order chi connectivity index (χ0) is 22.3. The molecule has 0 radical (unpaired) electrons. The number of likely N-dealkylation sites (tertiary alicyclic amines) is 1. The van der Waals surface area contributed by atoms with E-state index in [4.69, 9.17) is 4.74 Å². The molecule has 32 heavy (non-hydrogen) atoms. The molecule has 2 aromatic carbocycles. The van der Waals surface area contributed by atoms with Gasteiger partial charge in [-0.25, -0.2) is 4.79 Å². The second-order valence-corrected chi connectivity index (χ2v) is 9.98. The van der Waals surface area contributed by atoms with E-state index >= 15 is 0 Å². The van der Waals surface area contributed by atoms with Crippen LogP contribution in [-0.4, -0.2) is 42.8 Å². The van der Waals surface area contributed by atoms with E-state index in [1.54, 1.807) is 11.9 Å². The van der Waals surface area contributed by atoms with Crippen LogP contribution in [0.1, 0.15) is 70.4 Å². The first-order valence-corrected chi connectivity index (χ1v) is 13.1. The molecular weight excluding hydrogens is 418 g/mol. The molecule has 1 heterocycles. The molecule has 1 saturated heterocycles. The van der Waals surface area contributed by atoms with Gasteiger partial charge in [0.2, 0.25) is 0 Å². The molecule has 0 bridgehead atoms. The summed E-state index contributed by atoms with van der Waals surface area (Å²) in [5.74, 6) is 0. The molecule has 2 fully saturated rings. The van der Waals surface area contributed by atoms with Crippen LogP contribution in [0.15, 0.2) is 41.3 Å². The van der Waals surface area contributed by atoms with E-state index < -0.39 is 0 Å². The zero-order valence-electron chi connectivity index (χ0n) is 19.4. The first-order chi connectivity index (χ1) is 15.7. The average molecular weight is 456 g/mol. The van der Waals surface area contributed by atoms with Crippen molar-refractivity contribution in [3.8, 4) is 0 Å². The Morgan fingerprint density at radius 1 is 1.03 bits per heavy atom. The van der Waals surface area contributed by atoms with Gasteiger partial charge in [0.1, 0.15) is 0 Å². The van der Waals surface area contributed by atoms with Gasteiger partial charge in [0.25, 0.3) is 0 Å². The fraction of sp³-hybridized carbons (Fsp3) is 0.577. The van der Waals surface area contributed by atoms with Gasteiger partial charge >= 0.3 is 6.09 Å². The number of hydrogen-bond acceptors (Lipinski definition) is 5. The van der Waals surface area contributed by atoms with E-state index in [9.17, 15) is 4.79 Å². The summed E-state index contributed by atoms with van der Waals surface area (Å²) < 4.78 is 8.79. The Hall–Kier alpha value is -1.76. The lowest BCUT2D eigenvalue weighted by Crippen LogP contribution is -2.43. The molecule has 5 nitrogen and oxygen atoms in total. The quantitative estimate of drug-likeness (QED) is 0.499. The average Bonchev–Trinajstić information content (AvgIpc) is 2.83. The van der Waals surface area contributed by atoms with Crippen LogP contribution < -0.4 is 10.0 Å². The highest BCUT2D eigenvalue weighted by molar-refractivity contribution is 7.97. The number of nitrogens with one attached hydrogen (secondary N) is 2. The van der Waals surface area contributed by atoms with Gasteiger partial charge in [0.15, 0.2) is 0 Å². The molecule has 2 aromatic rings. The molecule has 2 aliphatic rings. The largest absolute Gasteiger partial charge is 0.450 e. The number of nitrogens with zero attached hydrogens (tertiary/aromatic N) is 1. The molecule has 1 amide bonds. The number of rotatable bonds is 7. The number of ether oxygens (including phenoxy) is 1. The highest BCUT2D eigenvalue weighted by Crippen LogP contribution is 2.33. The maximum atomic E-state index is 11.9. The van der Waals surface area contributed by atoms with E-state index in [1.807, 2.05) is 11.8 Å². The molecule has 0 spiro atoms. The number of hydrogen-bond donors (Lipinski definition) is 2. The highest BCUT2D eigenvalue weighted by Gasteiger charge is 2.24. The van der Waals surface area contributed by atoms with Gasteiger partial charge < -0.3 is 15.0 Å². The van der Waals surface area contributed by atoms with Gasteiger partial charge in [-0.15, -0.1) is 0 Å². The SMILES string of the molecule is CCOC(=O)N1CCC(NSc2ccc(C(C)NC3CCCCC3)c3ccccc23)CC1. The minimum atomic E-state index is -0.184. The number of fused-ring (bicyclic) bond motifs is 1. The van der Waals surface area contributed by atoms with Gasteiger partial charge in [0, 0.05) is 36.1 Å². The standard InChI is InChI=1S/C26H37N3O2S/c1-3-31-26(30)29-17-15-21(16-18-29)28-32-25-14-13-22(23-11-7-8-12-24(23)25)19(2)27-20-9-5-4-6-10-20/h7-8,11-14,19-21,27-28H,3-6,9-10,15-18H2,1-2H3. The second-order valence-electron chi connectivity index (χ2n) is 9.10. The third-order valence-corrected chi connectivity index (χ3v) is 7.86. The van der Waals surface area contributed by atoms with E-state index in [-0.39, 0.29) is 6.09 Å². The summed E-state index contributed by atoms with van der Waals surface area (Å²) >= 11 is 1.73. The predicted octanol–water partition coefficient (Wildman–Crippen LogP) is 6.04. The van der Waals surface area contributed by atoms with Crippen molar-refractivity contribution < 1.29 is 9.53 Å². The van der Waals surface area contributed by atoms with Crippen LogP contribution in [0.4, 0.5) is 4.79 Å². The summed E-state index contributed by atoms with van der Waals surface area (Å²) in [4.78, 5) is 15.0. The lowest BCUT2D eigenvalue weighted by molar-refractivity contribution is 0.0967. The van der Waals surface area contributed by atoms with Crippen molar-refractivity contribution in [1.82, 2.24) is 14.9 Å². The number of piperidine rings is 1. The number of carbonyl (C=O) groups is 1. The third kappa shape index (κ3) is 5.77. The van der Waals surface area contributed by atoms with Crippen LogP contribution in [0, 0.1) is 0 Å². The van der Waals surface area contributed by atoms with Crippen LogP contribution >= 0.6 is 11.9 Å². The maximum absolute atomic E-state index is 11.9. The molecule has 1 saturated carbocycles. The third-order valence-electron chi connectivity index (χ3n) is 6.83. The van der Waals surface area contributed by atoms with Gasteiger partial charge in [-0.3, -0.25) is 4.72 Å². The molecule has 6 heteroatoms. The fourth-order valence-electron chi connectivity index (χ4n) is 5.02. The van der Waals surface area contributed by atoms with E-state index in [0.717, 1.165) is 25.9 Å². The maximum Gasteiger partial charge on any atom is 0.409 e. The normalized spacial score (nSPS) is 19.2. The summed E-state index contributed by atoms with van der Waals surface area (Å²) in [6.07, 6.45) is 8.40. The molecule has 0 aromatic heterocycles.